The summed E-state index contributed by atoms with van der Waals surface area (Å²) < 4.78 is 11.0. The smallest absolute Gasteiger partial charge is 0.261 e. The van der Waals surface area contributed by atoms with Crippen LogP contribution in [0, 0.1) is 13.8 Å². The number of likely N-dealkylation sites (tertiary alicyclic amines) is 1. The molecule has 3 heterocycles. The summed E-state index contributed by atoms with van der Waals surface area (Å²) in [7, 11) is 1.54. The van der Waals surface area contributed by atoms with Crippen molar-refractivity contribution in [2.75, 3.05) is 13.7 Å². The van der Waals surface area contributed by atoms with Crippen LogP contribution in [0.25, 0.3) is 17.1 Å². The second-order valence-electron chi connectivity index (χ2n) is 8.21. The largest absolute Gasteiger partial charge is 0.494 e. The third-order valence-electron chi connectivity index (χ3n) is 6.13. The van der Waals surface area contributed by atoms with Crippen LogP contribution in [0.3, 0.4) is 0 Å². The van der Waals surface area contributed by atoms with Crippen LogP contribution >= 0.6 is 11.6 Å². The highest BCUT2D eigenvalue weighted by Gasteiger charge is 2.35. The van der Waals surface area contributed by atoms with Gasteiger partial charge in [0, 0.05) is 6.54 Å². The monoisotopic (exact) mass is 478 g/mol. The summed E-state index contributed by atoms with van der Waals surface area (Å²) in [6, 6.07) is 8.84. The molecule has 1 fully saturated rings. The van der Waals surface area contributed by atoms with E-state index in [1.54, 1.807) is 35.5 Å². The van der Waals surface area contributed by atoms with E-state index in [2.05, 4.69) is 20.3 Å². The molecule has 0 saturated carbocycles. The van der Waals surface area contributed by atoms with Gasteiger partial charge in [-0.3, -0.25) is 4.79 Å². The van der Waals surface area contributed by atoms with Crippen molar-refractivity contribution in [2.45, 2.75) is 32.7 Å². The van der Waals surface area contributed by atoms with E-state index >= 15 is 0 Å². The number of hydrogen-bond acceptors (Lipinski definition) is 7. The number of ether oxygens (including phenoxy) is 1. The Kier molecular flexibility index (Phi) is 5.79. The standard InChI is InChI=1S/C24H23ClN6O3/c1-14-12-17(20(13-15(14)2)31-26-9-10-27-31)24(32)30-11-5-8-19(30)22-28-23(34-29-22)16-6-4-7-18(25)21(16)33-3/h4,6-7,9-10,12-13,19H,5,8,11H2,1-3H3. The Morgan fingerprint density at radius 1 is 1.18 bits per heavy atom. The number of nitrogens with zero attached hydrogens (tertiary/aromatic N) is 6. The Morgan fingerprint density at radius 2 is 1.94 bits per heavy atom. The topological polar surface area (TPSA) is 99.2 Å². The van der Waals surface area contributed by atoms with Crippen LogP contribution in [0.5, 0.6) is 5.75 Å². The molecule has 4 aromatic rings. The van der Waals surface area contributed by atoms with E-state index in [4.69, 9.17) is 20.9 Å². The fourth-order valence-electron chi connectivity index (χ4n) is 4.28. The van der Waals surface area contributed by atoms with Gasteiger partial charge in [-0.25, -0.2) is 0 Å². The van der Waals surface area contributed by atoms with Crippen LogP contribution in [0.2, 0.25) is 5.02 Å². The van der Waals surface area contributed by atoms with E-state index in [9.17, 15) is 4.79 Å². The fraction of sp³-hybridized carbons (Fsp3) is 0.292. The number of methoxy groups -OCH3 is 1. The van der Waals surface area contributed by atoms with Crippen LogP contribution in [-0.2, 0) is 0 Å². The van der Waals surface area contributed by atoms with Gasteiger partial charge in [0.25, 0.3) is 11.8 Å². The second-order valence-corrected chi connectivity index (χ2v) is 8.61. The first-order valence-corrected chi connectivity index (χ1v) is 11.3. The van der Waals surface area contributed by atoms with Crippen LogP contribution in [0.15, 0.2) is 47.2 Å². The van der Waals surface area contributed by atoms with Crippen molar-refractivity contribution in [1.29, 1.82) is 0 Å². The Labute approximate surface area is 201 Å². The minimum Gasteiger partial charge on any atom is -0.494 e. The molecular weight excluding hydrogens is 456 g/mol. The minimum atomic E-state index is -0.310. The molecule has 1 aliphatic heterocycles. The average molecular weight is 479 g/mol. The van der Waals surface area contributed by atoms with E-state index < -0.39 is 0 Å². The molecule has 5 rings (SSSR count). The van der Waals surface area contributed by atoms with E-state index in [1.165, 1.54) is 11.9 Å². The van der Waals surface area contributed by atoms with Gasteiger partial charge in [-0.1, -0.05) is 22.8 Å². The molecule has 0 radical (unpaired) electrons. The normalized spacial score (nSPS) is 15.6. The predicted octanol–water partition coefficient (Wildman–Crippen LogP) is 4.57. The third-order valence-corrected chi connectivity index (χ3v) is 6.43. The number of benzene rings is 2. The van der Waals surface area contributed by atoms with Gasteiger partial charge in [0.1, 0.15) is 5.75 Å². The zero-order chi connectivity index (χ0) is 23.8. The Hall–Kier alpha value is -3.72. The maximum atomic E-state index is 13.8. The number of aryl methyl sites for hydroxylation is 2. The maximum absolute atomic E-state index is 13.8. The second kappa shape index (κ2) is 8.90. The third kappa shape index (κ3) is 3.81. The van der Waals surface area contributed by atoms with Crippen molar-refractivity contribution in [2.24, 2.45) is 0 Å². The van der Waals surface area contributed by atoms with Gasteiger partial charge in [0.15, 0.2) is 5.82 Å². The van der Waals surface area contributed by atoms with Crippen LogP contribution in [0.1, 0.15) is 46.2 Å². The summed E-state index contributed by atoms with van der Waals surface area (Å²) >= 11 is 6.25. The molecule has 1 unspecified atom stereocenters. The first-order valence-electron chi connectivity index (χ1n) is 10.9. The lowest BCUT2D eigenvalue weighted by atomic mass is 10.0. The lowest BCUT2D eigenvalue weighted by molar-refractivity contribution is 0.0728. The molecule has 2 aromatic heterocycles. The van der Waals surface area contributed by atoms with Crippen molar-refractivity contribution >= 4 is 17.5 Å². The molecule has 1 aliphatic rings. The highest BCUT2D eigenvalue weighted by molar-refractivity contribution is 6.32. The zero-order valence-electron chi connectivity index (χ0n) is 19.0. The molecule has 1 saturated heterocycles. The summed E-state index contributed by atoms with van der Waals surface area (Å²) in [6.07, 6.45) is 4.75. The van der Waals surface area contributed by atoms with Gasteiger partial charge in [-0.15, -0.1) is 0 Å². The molecule has 10 heteroatoms. The Morgan fingerprint density at radius 3 is 2.71 bits per heavy atom. The molecular formula is C24H23ClN6O3. The number of para-hydroxylation sites is 1. The van der Waals surface area contributed by atoms with E-state index in [-0.39, 0.29) is 11.9 Å². The van der Waals surface area contributed by atoms with Gasteiger partial charge in [0.2, 0.25) is 0 Å². The van der Waals surface area contributed by atoms with Gasteiger partial charge in [-0.05, 0) is 62.1 Å². The SMILES string of the molecule is COc1c(Cl)cccc1-c1nc(C2CCCN2C(=O)c2cc(C)c(C)cc2-n2nccn2)no1. The Bertz CT molecular complexity index is 1350. The van der Waals surface area contributed by atoms with Crippen molar-refractivity contribution in [3.05, 3.63) is 70.3 Å². The molecule has 0 spiro atoms. The molecule has 0 bridgehead atoms. The number of carbonyl (C=O) groups excluding carboxylic acids is 1. The van der Waals surface area contributed by atoms with Crippen LogP contribution < -0.4 is 4.74 Å². The van der Waals surface area contributed by atoms with Gasteiger partial charge in [0.05, 0.1) is 47.4 Å². The number of carbonyl (C=O) groups is 1. The quantitative estimate of drug-likeness (QED) is 0.414. The van der Waals surface area contributed by atoms with Gasteiger partial charge in [-0.2, -0.15) is 20.0 Å². The molecule has 0 N–H and O–H groups in total. The summed E-state index contributed by atoms with van der Waals surface area (Å²) in [4.78, 5) is 21.6. The highest BCUT2D eigenvalue weighted by Crippen LogP contribution is 2.38. The summed E-state index contributed by atoms with van der Waals surface area (Å²) in [5.74, 6) is 1.08. The Balaban J connectivity index is 1.49. The van der Waals surface area contributed by atoms with Crippen molar-refractivity contribution < 1.29 is 14.1 Å². The molecule has 2 aromatic carbocycles. The highest BCUT2D eigenvalue weighted by atomic mass is 35.5. The van der Waals surface area contributed by atoms with E-state index in [0.717, 1.165) is 24.0 Å². The van der Waals surface area contributed by atoms with E-state index in [0.29, 0.717) is 45.8 Å². The number of rotatable bonds is 5. The van der Waals surface area contributed by atoms with Crippen LogP contribution in [0.4, 0.5) is 0 Å². The predicted molar refractivity (Wildman–Crippen MR) is 125 cm³/mol. The summed E-state index contributed by atoms with van der Waals surface area (Å²) in [5, 5.41) is 13.1. The summed E-state index contributed by atoms with van der Waals surface area (Å²) in [5.41, 5.74) is 3.85. The van der Waals surface area contributed by atoms with Gasteiger partial charge >= 0.3 is 0 Å². The average Bonchev–Trinajstić information content (AvgIpc) is 3.61. The number of hydrogen-bond donors (Lipinski definition) is 0. The van der Waals surface area contributed by atoms with Crippen molar-refractivity contribution in [3.8, 4) is 22.9 Å². The lowest BCUT2D eigenvalue weighted by Gasteiger charge is -2.24. The maximum Gasteiger partial charge on any atom is 0.261 e. The number of aromatic nitrogens is 5. The van der Waals surface area contributed by atoms with Crippen molar-refractivity contribution in [1.82, 2.24) is 30.0 Å². The lowest BCUT2D eigenvalue weighted by Crippen LogP contribution is -2.32. The van der Waals surface area contributed by atoms with Crippen molar-refractivity contribution in [3.63, 3.8) is 0 Å². The van der Waals surface area contributed by atoms with E-state index in [1.807, 2.05) is 26.0 Å². The molecule has 34 heavy (non-hydrogen) atoms. The first kappa shape index (κ1) is 22.1. The molecule has 0 aliphatic carbocycles. The molecule has 9 nitrogen and oxygen atoms in total. The molecule has 1 amide bonds. The number of halogens is 1. The molecule has 174 valence electrons. The zero-order valence-corrected chi connectivity index (χ0v) is 19.8. The molecule has 1 atom stereocenters. The number of amides is 1. The van der Waals surface area contributed by atoms with Gasteiger partial charge < -0.3 is 14.2 Å². The first-order chi connectivity index (χ1) is 16.5. The fourth-order valence-corrected chi connectivity index (χ4v) is 4.53. The van der Waals surface area contributed by atoms with Crippen LogP contribution in [-0.4, -0.2) is 49.6 Å². The summed E-state index contributed by atoms with van der Waals surface area (Å²) in [6.45, 7) is 4.57. The minimum absolute atomic E-state index is 0.121.